The Morgan fingerprint density at radius 3 is 2.89 bits per heavy atom. The van der Waals surface area contributed by atoms with E-state index in [9.17, 15) is 4.79 Å². The van der Waals surface area contributed by atoms with Gasteiger partial charge in [-0.1, -0.05) is 34.5 Å². The molecule has 0 N–H and O–H groups in total. The van der Waals surface area contributed by atoms with Gasteiger partial charge in [-0.15, -0.1) is 0 Å². The number of amides is 1. The quantitative estimate of drug-likeness (QED) is 0.682. The molecule has 18 heavy (non-hydrogen) atoms. The van der Waals surface area contributed by atoms with Crippen LogP contribution in [0.15, 0.2) is 22.7 Å². The molecule has 2 atom stereocenters. The molecule has 1 amide bonds. The van der Waals surface area contributed by atoms with Crippen molar-refractivity contribution in [2.24, 2.45) is 5.92 Å². The van der Waals surface area contributed by atoms with Gasteiger partial charge < -0.3 is 4.90 Å². The van der Waals surface area contributed by atoms with Crippen molar-refractivity contribution in [3.8, 4) is 0 Å². The molecule has 1 aromatic carbocycles. The molecule has 0 saturated carbocycles. The summed E-state index contributed by atoms with van der Waals surface area (Å²) < 4.78 is 0.762. The van der Waals surface area contributed by atoms with Crippen LogP contribution in [0, 0.1) is 5.92 Å². The third-order valence-electron chi connectivity index (χ3n) is 3.47. The van der Waals surface area contributed by atoms with E-state index in [0.29, 0.717) is 16.5 Å². The van der Waals surface area contributed by atoms with Gasteiger partial charge in [0.15, 0.2) is 0 Å². The summed E-state index contributed by atoms with van der Waals surface area (Å²) >= 11 is 12.8. The van der Waals surface area contributed by atoms with E-state index in [1.165, 1.54) is 0 Å². The van der Waals surface area contributed by atoms with Crippen LogP contribution in [0.3, 0.4) is 0 Å². The molecule has 1 aliphatic rings. The summed E-state index contributed by atoms with van der Waals surface area (Å²) in [5.74, 6) is 0.630. The summed E-state index contributed by atoms with van der Waals surface area (Å²) in [6.45, 7) is 3.02. The standard InChI is InChI=1S/C13H14Br2ClNO/c1-8-4-5-17(12(8)7-14)13(18)9-2-3-11(16)10(15)6-9/h2-3,6,8,12H,4-5,7H2,1H3. The topological polar surface area (TPSA) is 20.3 Å². The van der Waals surface area contributed by atoms with E-state index in [0.717, 1.165) is 22.8 Å². The summed E-state index contributed by atoms with van der Waals surface area (Å²) in [7, 11) is 0. The lowest BCUT2D eigenvalue weighted by molar-refractivity contribution is 0.0738. The van der Waals surface area contributed by atoms with Gasteiger partial charge in [0.05, 0.1) is 5.02 Å². The SMILES string of the molecule is CC1CCN(C(=O)c2ccc(Cl)c(Br)c2)C1CBr. The molecule has 5 heteroatoms. The molecule has 0 spiro atoms. The number of rotatable bonds is 2. The van der Waals surface area contributed by atoms with Crippen LogP contribution in [0.1, 0.15) is 23.7 Å². The van der Waals surface area contributed by atoms with Gasteiger partial charge in [-0.2, -0.15) is 0 Å². The van der Waals surface area contributed by atoms with Crippen LogP contribution >= 0.6 is 43.5 Å². The zero-order chi connectivity index (χ0) is 13.3. The van der Waals surface area contributed by atoms with Crippen molar-refractivity contribution in [3.63, 3.8) is 0 Å². The smallest absolute Gasteiger partial charge is 0.254 e. The summed E-state index contributed by atoms with van der Waals surface area (Å²) in [6, 6.07) is 5.61. The summed E-state index contributed by atoms with van der Waals surface area (Å²) in [6.07, 6.45) is 1.07. The largest absolute Gasteiger partial charge is 0.335 e. The third kappa shape index (κ3) is 2.75. The van der Waals surface area contributed by atoms with Crippen LogP contribution in [-0.4, -0.2) is 28.7 Å². The molecule has 0 radical (unpaired) electrons. The summed E-state index contributed by atoms with van der Waals surface area (Å²) in [4.78, 5) is 14.4. The second-order valence-corrected chi connectivity index (χ2v) is 6.52. The number of likely N-dealkylation sites (tertiary alicyclic amines) is 1. The fraction of sp³-hybridized carbons (Fsp3) is 0.462. The first-order valence-corrected chi connectivity index (χ1v) is 8.16. The maximum atomic E-state index is 12.5. The van der Waals surface area contributed by atoms with E-state index >= 15 is 0 Å². The molecule has 1 aromatic rings. The van der Waals surface area contributed by atoms with Crippen molar-refractivity contribution >= 4 is 49.4 Å². The van der Waals surface area contributed by atoms with Crippen molar-refractivity contribution in [2.75, 3.05) is 11.9 Å². The van der Waals surface area contributed by atoms with Crippen LogP contribution in [0.4, 0.5) is 0 Å². The Hall–Kier alpha value is -0.0600. The first kappa shape index (κ1) is 14.4. The lowest BCUT2D eigenvalue weighted by Crippen LogP contribution is -2.38. The maximum Gasteiger partial charge on any atom is 0.254 e. The molecule has 2 unspecified atom stereocenters. The van der Waals surface area contributed by atoms with Crippen LogP contribution in [0.5, 0.6) is 0 Å². The minimum atomic E-state index is 0.0844. The van der Waals surface area contributed by atoms with Gasteiger partial charge in [-0.3, -0.25) is 4.79 Å². The second-order valence-electron chi connectivity index (χ2n) is 4.62. The van der Waals surface area contributed by atoms with Gasteiger partial charge >= 0.3 is 0 Å². The van der Waals surface area contributed by atoms with Gasteiger partial charge in [-0.05, 0) is 46.5 Å². The Bertz CT molecular complexity index is 466. The molecular weight excluding hydrogens is 381 g/mol. The summed E-state index contributed by atoms with van der Waals surface area (Å²) in [5.41, 5.74) is 0.686. The van der Waals surface area contributed by atoms with Crippen LogP contribution in [0.25, 0.3) is 0 Å². The van der Waals surface area contributed by atoms with Crippen molar-refractivity contribution in [3.05, 3.63) is 33.3 Å². The Labute approximate surface area is 129 Å². The Morgan fingerprint density at radius 1 is 1.56 bits per heavy atom. The van der Waals surface area contributed by atoms with Gasteiger partial charge in [0.2, 0.25) is 0 Å². The Kier molecular flexibility index (Phi) is 4.73. The van der Waals surface area contributed by atoms with Crippen LogP contribution in [0.2, 0.25) is 5.02 Å². The summed E-state index contributed by atoms with van der Waals surface area (Å²) in [5, 5.41) is 1.45. The van der Waals surface area contributed by atoms with Crippen molar-refractivity contribution in [1.82, 2.24) is 4.90 Å². The molecule has 1 fully saturated rings. The van der Waals surface area contributed by atoms with Crippen molar-refractivity contribution in [2.45, 2.75) is 19.4 Å². The number of hydrogen-bond donors (Lipinski definition) is 0. The molecule has 0 aliphatic carbocycles. The molecule has 1 heterocycles. The lowest BCUT2D eigenvalue weighted by atomic mass is 10.0. The second kappa shape index (κ2) is 5.93. The van der Waals surface area contributed by atoms with Crippen molar-refractivity contribution < 1.29 is 4.79 Å². The zero-order valence-corrected chi connectivity index (χ0v) is 13.9. The zero-order valence-electron chi connectivity index (χ0n) is 10.00. The van der Waals surface area contributed by atoms with E-state index in [4.69, 9.17) is 11.6 Å². The fourth-order valence-corrected chi connectivity index (χ4v) is 3.77. The number of alkyl halides is 1. The van der Waals surface area contributed by atoms with E-state index < -0.39 is 0 Å². The average molecular weight is 396 g/mol. The molecule has 2 nitrogen and oxygen atoms in total. The van der Waals surface area contributed by atoms with E-state index in [1.54, 1.807) is 18.2 Å². The van der Waals surface area contributed by atoms with Crippen LogP contribution in [-0.2, 0) is 0 Å². The number of carbonyl (C=O) groups is 1. The highest BCUT2D eigenvalue weighted by molar-refractivity contribution is 9.10. The highest BCUT2D eigenvalue weighted by atomic mass is 79.9. The molecular formula is C13H14Br2ClNO. The average Bonchev–Trinajstić information content (AvgIpc) is 2.73. The minimum absolute atomic E-state index is 0.0844. The number of benzene rings is 1. The first-order chi connectivity index (χ1) is 8.54. The number of hydrogen-bond acceptors (Lipinski definition) is 1. The van der Waals surface area contributed by atoms with Gasteiger partial charge in [0.1, 0.15) is 0 Å². The lowest BCUT2D eigenvalue weighted by Gasteiger charge is -2.25. The predicted molar refractivity (Wildman–Crippen MR) is 81.6 cm³/mol. The van der Waals surface area contributed by atoms with Gasteiger partial charge in [0, 0.05) is 28.0 Å². The minimum Gasteiger partial charge on any atom is -0.335 e. The van der Waals surface area contributed by atoms with E-state index in [2.05, 4.69) is 38.8 Å². The van der Waals surface area contributed by atoms with E-state index in [-0.39, 0.29) is 11.9 Å². The predicted octanol–water partition coefficient (Wildman–Crippen LogP) is 4.35. The number of carbonyl (C=O) groups excluding carboxylic acids is 1. The molecule has 0 aromatic heterocycles. The highest BCUT2D eigenvalue weighted by Crippen LogP contribution is 2.29. The molecule has 2 rings (SSSR count). The van der Waals surface area contributed by atoms with E-state index in [1.807, 2.05) is 4.90 Å². The number of halogens is 3. The highest BCUT2D eigenvalue weighted by Gasteiger charge is 2.33. The Balaban J connectivity index is 2.23. The molecule has 98 valence electrons. The van der Waals surface area contributed by atoms with Crippen molar-refractivity contribution in [1.29, 1.82) is 0 Å². The van der Waals surface area contributed by atoms with Gasteiger partial charge in [-0.25, -0.2) is 0 Å². The molecule has 1 saturated heterocycles. The third-order valence-corrected chi connectivity index (χ3v) is 5.35. The first-order valence-electron chi connectivity index (χ1n) is 5.86. The normalized spacial score (nSPS) is 23.4. The van der Waals surface area contributed by atoms with Gasteiger partial charge in [0.25, 0.3) is 5.91 Å². The molecule has 0 bridgehead atoms. The fourth-order valence-electron chi connectivity index (χ4n) is 2.29. The van der Waals surface area contributed by atoms with Crippen LogP contribution < -0.4 is 0 Å². The Morgan fingerprint density at radius 2 is 2.28 bits per heavy atom. The molecule has 1 aliphatic heterocycles. The maximum absolute atomic E-state index is 12.5. The number of nitrogens with zero attached hydrogens (tertiary/aromatic N) is 1. The monoisotopic (exact) mass is 393 g/mol.